The van der Waals surface area contributed by atoms with Gasteiger partial charge in [-0.1, -0.05) is 28.1 Å². The van der Waals surface area contributed by atoms with E-state index in [0.717, 1.165) is 0 Å². The molecule has 0 spiro atoms. The zero-order valence-electron chi connectivity index (χ0n) is 18.2. The Bertz CT molecular complexity index is 853. The van der Waals surface area contributed by atoms with Crippen molar-refractivity contribution in [1.82, 2.24) is 0 Å². The van der Waals surface area contributed by atoms with E-state index in [1.165, 1.54) is 0 Å². The minimum absolute atomic E-state index is 0.0134. The summed E-state index contributed by atoms with van der Waals surface area (Å²) in [6, 6.07) is 7.08. The normalized spacial score (nSPS) is 20.2. The van der Waals surface area contributed by atoms with Crippen molar-refractivity contribution >= 4 is 33.8 Å². The number of alkyl halides is 1. The Morgan fingerprint density at radius 2 is 1.63 bits per heavy atom. The summed E-state index contributed by atoms with van der Waals surface area (Å²) in [7, 11) is 1.57. The highest BCUT2D eigenvalue weighted by Crippen LogP contribution is 2.45. The Balaban J connectivity index is 2.83. The smallest absolute Gasteiger partial charge is 0.344 e. The number of carbonyl (C=O) groups is 2. The van der Waals surface area contributed by atoms with E-state index in [4.69, 9.17) is 18.9 Å². The predicted octanol–water partition coefficient (Wildman–Crippen LogP) is 3.94. The van der Waals surface area contributed by atoms with Crippen LogP contribution >= 0.6 is 15.9 Å². The van der Waals surface area contributed by atoms with Crippen LogP contribution in [0.15, 0.2) is 40.4 Å². The van der Waals surface area contributed by atoms with Crippen molar-refractivity contribution in [2.75, 3.05) is 25.7 Å². The van der Waals surface area contributed by atoms with E-state index in [-0.39, 0.29) is 35.6 Å². The Morgan fingerprint density at radius 3 is 2.10 bits per heavy atom. The zero-order valence-corrected chi connectivity index (χ0v) is 19.8. The molecule has 1 aromatic carbocycles. The minimum atomic E-state index is -1.31. The molecule has 1 unspecified atom stereocenters. The molecule has 7 nitrogen and oxygen atoms in total. The lowest BCUT2D eigenvalue weighted by atomic mass is 9.86. The molecule has 1 atom stereocenters. The van der Waals surface area contributed by atoms with Gasteiger partial charge in [-0.15, -0.1) is 0 Å². The number of aliphatic imine (C=N–C) groups is 1. The lowest BCUT2D eigenvalue weighted by molar-refractivity contribution is -0.142. The summed E-state index contributed by atoms with van der Waals surface area (Å²) in [4.78, 5) is 30.6. The van der Waals surface area contributed by atoms with E-state index < -0.39 is 23.1 Å². The topological polar surface area (TPSA) is 83.4 Å². The van der Waals surface area contributed by atoms with Gasteiger partial charge in [-0.05, 0) is 46.8 Å². The highest BCUT2D eigenvalue weighted by molar-refractivity contribution is 9.09. The zero-order chi connectivity index (χ0) is 22.5. The maximum absolute atomic E-state index is 13.1. The van der Waals surface area contributed by atoms with Crippen LogP contribution in [-0.2, 0) is 29.4 Å². The van der Waals surface area contributed by atoms with Crippen LogP contribution in [0.2, 0.25) is 0 Å². The lowest BCUT2D eigenvalue weighted by Gasteiger charge is -2.29. The molecule has 0 saturated carbocycles. The summed E-state index contributed by atoms with van der Waals surface area (Å²) < 4.78 is 22.1. The van der Waals surface area contributed by atoms with Crippen molar-refractivity contribution in [2.45, 2.75) is 45.8 Å². The molecule has 30 heavy (non-hydrogen) atoms. The van der Waals surface area contributed by atoms with Gasteiger partial charge in [0.15, 0.2) is 5.60 Å². The molecule has 1 heterocycles. The molecule has 2 rings (SSSR count). The molecule has 164 valence electrons. The van der Waals surface area contributed by atoms with Crippen LogP contribution in [0.4, 0.5) is 0 Å². The van der Waals surface area contributed by atoms with Crippen LogP contribution in [0.3, 0.4) is 0 Å². The fourth-order valence-corrected chi connectivity index (χ4v) is 3.78. The van der Waals surface area contributed by atoms with Crippen molar-refractivity contribution in [1.29, 1.82) is 0 Å². The molecule has 0 fully saturated rings. The fraction of sp³-hybridized carbons (Fsp3) is 0.500. The van der Waals surface area contributed by atoms with E-state index >= 15 is 0 Å². The highest BCUT2D eigenvalue weighted by Gasteiger charge is 2.54. The third-order valence-electron chi connectivity index (χ3n) is 4.28. The molecule has 0 saturated heterocycles. The number of benzene rings is 1. The van der Waals surface area contributed by atoms with Crippen molar-refractivity contribution in [3.8, 4) is 5.75 Å². The first kappa shape index (κ1) is 23.9. The van der Waals surface area contributed by atoms with Gasteiger partial charge in [0.25, 0.3) is 0 Å². The van der Waals surface area contributed by atoms with E-state index in [1.807, 2.05) is 20.8 Å². The van der Waals surface area contributed by atoms with Gasteiger partial charge in [-0.2, -0.15) is 0 Å². The first-order valence-electron chi connectivity index (χ1n) is 9.72. The van der Waals surface area contributed by atoms with Crippen molar-refractivity contribution in [2.24, 2.45) is 4.99 Å². The maximum atomic E-state index is 13.1. The second-order valence-electron chi connectivity index (χ2n) is 7.57. The molecule has 0 aromatic heterocycles. The molecule has 8 heteroatoms. The average molecular weight is 482 g/mol. The Morgan fingerprint density at radius 1 is 1.07 bits per heavy atom. The molecule has 1 aliphatic heterocycles. The molecular weight excluding hydrogens is 454 g/mol. The summed E-state index contributed by atoms with van der Waals surface area (Å²) in [5, 5.41) is 0.187. The summed E-state index contributed by atoms with van der Waals surface area (Å²) in [5.74, 6) is -0.633. The summed E-state index contributed by atoms with van der Waals surface area (Å²) >= 11 is 3.48. The van der Waals surface area contributed by atoms with Gasteiger partial charge in [0, 0.05) is 5.56 Å². The van der Waals surface area contributed by atoms with E-state index in [1.54, 1.807) is 45.2 Å². The number of carbonyl (C=O) groups excluding carboxylic acids is 2. The number of hydrogen-bond donors (Lipinski definition) is 0. The van der Waals surface area contributed by atoms with Gasteiger partial charge < -0.3 is 18.9 Å². The number of nitrogens with zero attached hydrogens (tertiary/aromatic N) is 1. The van der Waals surface area contributed by atoms with Gasteiger partial charge >= 0.3 is 11.9 Å². The van der Waals surface area contributed by atoms with Crippen LogP contribution in [0.25, 0.3) is 0 Å². The molecule has 0 radical (unpaired) electrons. The van der Waals surface area contributed by atoms with E-state index in [0.29, 0.717) is 11.3 Å². The summed E-state index contributed by atoms with van der Waals surface area (Å²) in [6.07, 6.45) is 0. The highest BCUT2D eigenvalue weighted by atomic mass is 79.9. The molecule has 0 aliphatic carbocycles. The lowest BCUT2D eigenvalue weighted by Crippen LogP contribution is -2.35. The number of ether oxygens (including phenoxy) is 4. The van der Waals surface area contributed by atoms with Crippen LogP contribution < -0.4 is 4.74 Å². The molecule has 1 aliphatic rings. The number of hydrogen-bond acceptors (Lipinski definition) is 7. The second kappa shape index (κ2) is 9.64. The summed E-state index contributed by atoms with van der Waals surface area (Å²) in [5.41, 5.74) is -1.18. The SMILES string of the molecule is CCOC(=O)C1=C(C(=O)OCC)C(CBr)(c2ccc(OC)cc2)OC1=NC(C)(C)C. The van der Waals surface area contributed by atoms with E-state index in [2.05, 4.69) is 20.9 Å². The van der Waals surface area contributed by atoms with Gasteiger partial charge in [0.2, 0.25) is 5.90 Å². The molecular formula is C22H28BrNO6. The number of methoxy groups -OCH3 is 1. The average Bonchev–Trinajstić information content (AvgIpc) is 3.02. The molecule has 0 bridgehead atoms. The Labute approximate surface area is 185 Å². The fourth-order valence-electron chi connectivity index (χ4n) is 3.06. The summed E-state index contributed by atoms with van der Waals surface area (Å²) in [6.45, 7) is 9.30. The third-order valence-corrected chi connectivity index (χ3v) is 5.07. The van der Waals surface area contributed by atoms with Crippen molar-refractivity contribution in [3.05, 3.63) is 41.0 Å². The van der Waals surface area contributed by atoms with Gasteiger partial charge in [-0.3, -0.25) is 0 Å². The van der Waals surface area contributed by atoms with E-state index in [9.17, 15) is 9.59 Å². The van der Waals surface area contributed by atoms with Crippen molar-refractivity contribution in [3.63, 3.8) is 0 Å². The maximum Gasteiger partial charge on any atom is 0.344 e. The third kappa shape index (κ3) is 4.86. The Hall–Kier alpha value is -2.35. The first-order chi connectivity index (χ1) is 14.1. The largest absolute Gasteiger partial charge is 0.497 e. The van der Waals surface area contributed by atoms with Gasteiger partial charge in [-0.25, -0.2) is 14.6 Å². The number of rotatable bonds is 7. The quantitative estimate of drug-likeness (QED) is 0.433. The number of esters is 2. The van der Waals surface area contributed by atoms with Gasteiger partial charge in [0.1, 0.15) is 16.9 Å². The van der Waals surface area contributed by atoms with Crippen LogP contribution in [0.1, 0.15) is 40.2 Å². The standard InChI is InChI=1S/C22H28BrNO6/c1-7-28-19(25)16-17(20(26)29-8-2)22(13-23,30-18(16)24-21(3,4)5)14-9-11-15(27-6)12-10-14/h9-12H,7-8,13H2,1-6H3. The molecule has 1 aromatic rings. The predicted molar refractivity (Wildman–Crippen MR) is 117 cm³/mol. The molecule has 0 amide bonds. The second-order valence-corrected chi connectivity index (χ2v) is 8.13. The van der Waals surface area contributed by atoms with Gasteiger partial charge in [0.05, 0.1) is 31.2 Å². The Kier molecular flexibility index (Phi) is 7.69. The monoisotopic (exact) mass is 481 g/mol. The minimum Gasteiger partial charge on any atom is -0.497 e. The van der Waals surface area contributed by atoms with Crippen LogP contribution in [0.5, 0.6) is 5.75 Å². The van der Waals surface area contributed by atoms with Crippen molar-refractivity contribution < 1.29 is 28.5 Å². The van der Waals surface area contributed by atoms with Crippen LogP contribution in [-0.4, -0.2) is 49.0 Å². The number of halogens is 1. The molecule has 0 N–H and O–H groups in total. The van der Waals surface area contributed by atoms with Crippen LogP contribution in [0, 0.1) is 0 Å². The first-order valence-corrected chi connectivity index (χ1v) is 10.8.